The zero-order valence-electron chi connectivity index (χ0n) is 13.6. The van der Waals surface area contributed by atoms with E-state index in [1.807, 2.05) is 12.1 Å². The Morgan fingerprint density at radius 2 is 2.16 bits per heavy atom. The standard InChI is InChI=1S/C19H18N4O2/c24-8-5-14-1-2-16(11-22-14)25-15-3-4-17-13(9-15)10-18(23-17)19-12-20-6-7-21-19/h1-2,4,6-7,9-12,15,23-24H,3,5,8H2. The van der Waals surface area contributed by atoms with E-state index >= 15 is 0 Å². The SMILES string of the molecule is OCCc1ccc(OC2C=c3cc(-c4cnccn4)[nH]c3=CC2)cn1. The van der Waals surface area contributed by atoms with Crippen molar-refractivity contribution in [3.63, 3.8) is 0 Å². The molecule has 0 bridgehead atoms. The first-order chi connectivity index (χ1) is 12.3. The molecule has 1 aliphatic carbocycles. The van der Waals surface area contributed by atoms with E-state index in [-0.39, 0.29) is 12.7 Å². The maximum atomic E-state index is 8.94. The molecule has 1 atom stereocenters. The topological polar surface area (TPSA) is 83.9 Å². The van der Waals surface area contributed by atoms with Crippen molar-refractivity contribution >= 4 is 12.2 Å². The lowest BCUT2D eigenvalue weighted by molar-refractivity contribution is 0.268. The highest BCUT2D eigenvalue weighted by atomic mass is 16.5. The summed E-state index contributed by atoms with van der Waals surface area (Å²) in [5.41, 5.74) is 2.62. The lowest BCUT2D eigenvalue weighted by atomic mass is 10.1. The number of hydrogen-bond acceptors (Lipinski definition) is 5. The minimum absolute atomic E-state index is 0.0384. The Bertz CT molecular complexity index is 965. The van der Waals surface area contributed by atoms with Crippen LogP contribution in [-0.2, 0) is 6.42 Å². The van der Waals surface area contributed by atoms with Gasteiger partial charge in [0.15, 0.2) is 0 Å². The zero-order valence-corrected chi connectivity index (χ0v) is 13.6. The van der Waals surface area contributed by atoms with Crippen LogP contribution in [0.4, 0.5) is 0 Å². The summed E-state index contributed by atoms with van der Waals surface area (Å²) in [6, 6.07) is 5.84. The molecule has 0 aromatic carbocycles. The maximum absolute atomic E-state index is 8.94. The molecule has 1 aliphatic rings. The molecule has 3 aromatic rings. The van der Waals surface area contributed by atoms with Crippen LogP contribution in [0.15, 0.2) is 43.0 Å². The van der Waals surface area contributed by atoms with E-state index in [9.17, 15) is 0 Å². The Labute approximate surface area is 144 Å². The number of rotatable bonds is 5. The fraction of sp³-hybridized carbons (Fsp3) is 0.211. The number of aliphatic hydroxyl groups is 1. The Hall–Kier alpha value is -2.99. The molecule has 25 heavy (non-hydrogen) atoms. The van der Waals surface area contributed by atoms with Crippen molar-refractivity contribution < 1.29 is 9.84 Å². The van der Waals surface area contributed by atoms with Gasteiger partial charge in [-0.25, -0.2) is 0 Å². The monoisotopic (exact) mass is 334 g/mol. The van der Waals surface area contributed by atoms with E-state index in [1.165, 1.54) is 0 Å². The van der Waals surface area contributed by atoms with Crippen LogP contribution >= 0.6 is 0 Å². The van der Waals surface area contributed by atoms with Crippen LogP contribution in [-0.4, -0.2) is 37.8 Å². The van der Waals surface area contributed by atoms with Gasteiger partial charge in [-0.1, -0.05) is 6.08 Å². The van der Waals surface area contributed by atoms with Crippen molar-refractivity contribution in [1.82, 2.24) is 19.9 Å². The van der Waals surface area contributed by atoms with Gasteiger partial charge in [-0.05, 0) is 29.5 Å². The smallest absolute Gasteiger partial charge is 0.138 e. The minimum Gasteiger partial charge on any atom is -0.484 e. The van der Waals surface area contributed by atoms with E-state index in [2.05, 4.69) is 38.2 Å². The molecule has 0 saturated heterocycles. The average molecular weight is 334 g/mol. The zero-order chi connectivity index (χ0) is 17.1. The fourth-order valence-corrected chi connectivity index (χ4v) is 2.87. The minimum atomic E-state index is -0.0384. The molecular weight excluding hydrogens is 316 g/mol. The third-order valence-electron chi connectivity index (χ3n) is 4.09. The van der Waals surface area contributed by atoms with Crippen LogP contribution < -0.4 is 15.3 Å². The number of nitrogens with zero attached hydrogens (tertiary/aromatic N) is 3. The molecule has 0 radical (unpaired) electrons. The molecule has 0 spiro atoms. The number of aromatic nitrogens is 4. The predicted octanol–water partition coefficient (Wildman–Crippen LogP) is 0.814. The largest absolute Gasteiger partial charge is 0.484 e. The van der Waals surface area contributed by atoms with E-state index in [0.717, 1.165) is 39.8 Å². The quantitative estimate of drug-likeness (QED) is 0.721. The molecule has 6 nitrogen and oxygen atoms in total. The van der Waals surface area contributed by atoms with Gasteiger partial charge in [-0.15, -0.1) is 0 Å². The van der Waals surface area contributed by atoms with Gasteiger partial charge in [0, 0.05) is 42.9 Å². The van der Waals surface area contributed by atoms with Gasteiger partial charge in [0.05, 0.1) is 18.1 Å². The highest BCUT2D eigenvalue weighted by Gasteiger charge is 2.12. The van der Waals surface area contributed by atoms with Crippen molar-refractivity contribution in [2.24, 2.45) is 0 Å². The number of nitrogens with one attached hydrogen (secondary N) is 1. The Balaban J connectivity index is 1.54. The van der Waals surface area contributed by atoms with Crippen LogP contribution in [0.5, 0.6) is 5.75 Å². The molecule has 2 N–H and O–H groups in total. The predicted molar refractivity (Wildman–Crippen MR) is 94.1 cm³/mol. The summed E-state index contributed by atoms with van der Waals surface area (Å²) in [7, 11) is 0. The summed E-state index contributed by atoms with van der Waals surface area (Å²) in [5.74, 6) is 0.726. The summed E-state index contributed by atoms with van der Waals surface area (Å²) in [4.78, 5) is 16.1. The van der Waals surface area contributed by atoms with Crippen molar-refractivity contribution in [2.75, 3.05) is 6.61 Å². The van der Waals surface area contributed by atoms with Crippen molar-refractivity contribution in [1.29, 1.82) is 0 Å². The number of ether oxygens (including phenoxy) is 1. The Morgan fingerprint density at radius 3 is 2.92 bits per heavy atom. The Morgan fingerprint density at radius 1 is 1.20 bits per heavy atom. The van der Waals surface area contributed by atoms with Crippen LogP contribution in [0.3, 0.4) is 0 Å². The summed E-state index contributed by atoms with van der Waals surface area (Å²) >= 11 is 0. The third-order valence-corrected chi connectivity index (χ3v) is 4.09. The van der Waals surface area contributed by atoms with Crippen LogP contribution in [0, 0.1) is 0 Å². The van der Waals surface area contributed by atoms with Gasteiger partial charge >= 0.3 is 0 Å². The second-order valence-corrected chi connectivity index (χ2v) is 5.86. The van der Waals surface area contributed by atoms with Crippen LogP contribution in [0.25, 0.3) is 23.5 Å². The first-order valence-corrected chi connectivity index (χ1v) is 8.22. The normalized spacial score (nSPS) is 15.8. The third kappa shape index (κ3) is 3.44. The first kappa shape index (κ1) is 15.5. The molecule has 1 unspecified atom stereocenters. The summed E-state index contributed by atoms with van der Waals surface area (Å²) in [6.07, 6.45) is 12.3. The summed E-state index contributed by atoms with van der Waals surface area (Å²) in [5, 5.41) is 11.1. The molecule has 6 heteroatoms. The molecule has 4 rings (SSSR count). The average Bonchev–Trinajstić information content (AvgIpc) is 3.08. The number of H-pyrrole nitrogens is 1. The van der Waals surface area contributed by atoms with E-state index in [4.69, 9.17) is 9.84 Å². The summed E-state index contributed by atoms with van der Waals surface area (Å²) in [6.45, 7) is 0.100. The highest BCUT2D eigenvalue weighted by Crippen LogP contribution is 2.15. The lowest BCUT2D eigenvalue weighted by Crippen LogP contribution is -2.31. The molecule has 0 fully saturated rings. The van der Waals surface area contributed by atoms with E-state index in [0.29, 0.717) is 6.42 Å². The second kappa shape index (κ2) is 6.86. The maximum Gasteiger partial charge on any atom is 0.138 e. The number of aliphatic hydroxyl groups excluding tert-OH is 1. The van der Waals surface area contributed by atoms with Gasteiger partial charge in [0.1, 0.15) is 17.5 Å². The number of pyridine rings is 1. The second-order valence-electron chi connectivity index (χ2n) is 5.86. The fourth-order valence-electron chi connectivity index (χ4n) is 2.87. The van der Waals surface area contributed by atoms with Crippen molar-refractivity contribution in [3.05, 3.63) is 59.2 Å². The van der Waals surface area contributed by atoms with Gasteiger partial charge in [-0.3, -0.25) is 15.0 Å². The number of aromatic amines is 1. The highest BCUT2D eigenvalue weighted by molar-refractivity contribution is 5.56. The molecule has 126 valence electrons. The molecule has 3 heterocycles. The molecule has 0 saturated carbocycles. The van der Waals surface area contributed by atoms with Gasteiger partial charge in [0.25, 0.3) is 0 Å². The van der Waals surface area contributed by atoms with Gasteiger partial charge < -0.3 is 14.8 Å². The molecule has 0 aliphatic heterocycles. The van der Waals surface area contributed by atoms with Gasteiger partial charge in [0.2, 0.25) is 0 Å². The van der Waals surface area contributed by atoms with E-state index in [1.54, 1.807) is 24.8 Å². The van der Waals surface area contributed by atoms with Gasteiger partial charge in [-0.2, -0.15) is 0 Å². The van der Waals surface area contributed by atoms with Crippen LogP contribution in [0.1, 0.15) is 12.1 Å². The number of hydrogen-bond donors (Lipinski definition) is 2. The summed E-state index contributed by atoms with van der Waals surface area (Å²) < 4.78 is 6.01. The van der Waals surface area contributed by atoms with Crippen LogP contribution in [0.2, 0.25) is 0 Å². The van der Waals surface area contributed by atoms with E-state index < -0.39 is 0 Å². The molecule has 0 amide bonds. The van der Waals surface area contributed by atoms with Crippen molar-refractivity contribution in [3.8, 4) is 17.1 Å². The molecule has 3 aromatic heterocycles. The lowest BCUT2D eigenvalue weighted by Gasteiger charge is -2.15. The molecular formula is C19H18N4O2. The number of fused-ring (bicyclic) bond motifs is 1. The first-order valence-electron chi connectivity index (χ1n) is 8.22. The Kier molecular flexibility index (Phi) is 4.26. The van der Waals surface area contributed by atoms with Crippen molar-refractivity contribution in [2.45, 2.75) is 18.9 Å².